The number of hydrogen-bond donors (Lipinski definition) is 1. The summed E-state index contributed by atoms with van der Waals surface area (Å²) in [7, 11) is -4.00. The minimum atomic E-state index is -4.00. The van der Waals surface area contributed by atoms with Crippen LogP contribution in [0.25, 0.3) is 0 Å². The van der Waals surface area contributed by atoms with Gasteiger partial charge in [0.1, 0.15) is 4.90 Å². The van der Waals surface area contributed by atoms with Crippen LogP contribution in [0, 0.1) is 10.1 Å². The molecule has 0 amide bonds. The van der Waals surface area contributed by atoms with E-state index in [9.17, 15) is 18.5 Å². The Labute approximate surface area is 146 Å². The second-order valence-corrected chi connectivity index (χ2v) is 7.77. The zero-order chi connectivity index (χ0) is 17.2. The van der Waals surface area contributed by atoms with Crippen molar-refractivity contribution in [1.82, 2.24) is 4.72 Å². The lowest BCUT2D eigenvalue weighted by molar-refractivity contribution is -0.385. The Balaban J connectivity index is 2.33. The average molecular weight is 420 g/mol. The zero-order valence-corrected chi connectivity index (χ0v) is 15.0. The lowest BCUT2D eigenvalue weighted by atomic mass is 10.1. The van der Waals surface area contributed by atoms with E-state index in [2.05, 4.69) is 20.7 Å². The maximum Gasteiger partial charge on any atom is 0.270 e. The van der Waals surface area contributed by atoms with Crippen molar-refractivity contribution in [3.8, 4) is 0 Å². The molecule has 2 aromatic rings. The van der Waals surface area contributed by atoms with Gasteiger partial charge in [-0.25, -0.2) is 13.1 Å². The van der Waals surface area contributed by atoms with Gasteiger partial charge in [0.25, 0.3) is 5.69 Å². The second kappa shape index (κ2) is 6.96. The summed E-state index contributed by atoms with van der Waals surface area (Å²) < 4.78 is 28.2. The summed E-state index contributed by atoms with van der Waals surface area (Å²) in [6.45, 7) is 1.67. The molecule has 0 heterocycles. The number of benzene rings is 2. The van der Waals surface area contributed by atoms with Gasteiger partial charge in [-0.1, -0.05) is 39.7 Å². The van der Waals surface area contributed by atoms with Crippen LogP contribution in [0.3, 0.4) is 0 Å². The van der Waals surface area contributed by atoms with Gasteiger partial charge in [-0.15, -0.1) is 0 Å². The van der Waals surface area contributed by atoms with Crippen LogP contribution in [0.2, 0.25) is 5.02 Å². The summed E-state index contributed by atoms with van der Waals surface area (Å²) >= 11 is 9.19. The standard InChI is InChI=1S/C14H12BrClN2O4S/c1-9(10-2-4-11(15)5-3-10)17-23(21,22)14-8-12(18(19)20)6-7-13(14)16/h2-9,17H,1H3/t9-/m0/s1. The van der Waals surface area contributed by atoms with Crippen LogP contribution >= 0.6 is 27.5 Å². The molecule has 0 saturated heterocycles. The van der Waals surface area contributed by atoms with Crippen molar-refractivity contribution in [1.29, 1.82) is 0 Å². The van der Waals surface area contributed by atoms with E-state index in [1.807, 2.05) is 0 Å². The Bertz CT molecular complexity index is 840. The van der Waals surface area contributed by atoms with Crippen LogP contribution < -0.4 is 4.72 Å². The molecule has 2 rings (SSSR count). The Morgan fingerprint density at radius 2 is 1.83 bits per heavy atom. The number of nitro benzene ring substituents is 1. The molecule has 0 bridgehead atoms. The molecule has 0 aliphatic heterocycles. The van der Waals surface area contributed by atoms with E-state index in [1.54, 1.807) is 31.2 Å². The van der Waals surface area contributed by atoms with Crippen LogP contribution in [0.5, 0.6) is 0 Å². The molecule has 0 aromatic heterocycles. The van der Waals surface area contributed by atoms with E-state index in [0.29, 0.717) is 0 Å². The molecule has 0 saturated carbocycles. The molecule has 2 aromatic carbocycles. The lowest BCUT2D eigenvalue weighted by Crippen LogP contribution is -2.27. The predicted octanol–water partition coefficient (Wildman–Crippen LogP) is 4.05. The fraction of sp³-hybridized carbons (Fsp3) is 0.143. The Morgan fingerprint density at radius 1 is 1.22 bits per heavy atom. The molecule has 23 heavy (non-hydrogen) atoms. The lowest BCUT2D eigenvalue weighted by Gasteiger charge is -2.15. The van der Waals surface area contributed by atoms with Gasteiger partial charge in [-0.3, -0.25) is 10.1 Å². The van der Waals surface area contributed by atoms with E-state index in [4.69, 9.17) is 11.6 Å². The summed E-state index contributed by atoms with van der Waals surface area (Å²) in [5.41, 5.74) is 0.407. The van der Waals surface area contributed by atoms with Crippen LogP contribution in [-0.2, 0) is 10.0 Å². The van der Waals surface area contributed by atoms with E-state index < -0.39 is 21.0 Å². The minimum absolute atomic E-state index is 0.0777. The monoisotopic (exact) mass is 418 g/mol. The Hall–Kier alpha value is -1.48. The number of sulfonamides is 1. The summed E-state index contributed by atoms with van der Waals surface area (Å²) in [6, 6.07) is 9.89. The molecule has 0 fully saturated rings. The van der Waals surface area contributed by atoms with Gasteiger partial charge < -0.3 is 0 Å². The topological polar surface area (TPSA) is 89.3 Å². The molecular weight excluding hydrogens is 408 g/mol. The number of non-ortho nitro benzene ring substituents is 1. The van der Waals surface area contributed by atoms with Crippen LogP contribution in [0.4, 0.5) is 5.69 Å². The first-order chi connectivity index (χ1) is 10.7. The summed E-state index contributed by atoms with van der Waals surface area (Å²) in [5.74, 6) is 0. The van der Waals surface area contributed by atoms with Crippen molar-refractivity contribution in [2.45, 2.75) is 17.9 Å². The highest BCUT2D eigenvalue weighted by Crippen LogP contribution is 2.27. The summed E-state index contributed by atoms with van der Waals surface area (Å²) in [6.07, 6.45) is 0. The largest absolute Gasteiger partial charge is 0.270 e. The highest BCUT2D eigenvalue weighted by atomic mass is 79.9. The highest BCUT2D eigenvalue weighted by Gasteiger charge is 2.23. The Morgan fingerprint density at radius 3 is 2.39 bits per heavy atom. The van der Waals surface area contributed by atoms with E-state index in [-0.39, 0.29) is 15.6 Å². The SMILES string of the molecule is C[C@H](NS(=O)(=O)c1cc([N+](=O)[O-])ccc1Cl)c1ccc(Br)cc1. The van der Waals surface area contributed by atoms with Crippen molar-refractivity contribution in [3.63, 3.8) is 0 Å². The molecule has 9 heteroatoms. The molecule has 6 nitrogen and oxygen atoms in total. The van der Waals surface area contributed by atoms with Crippen LogP contribution in [0.15, 0.2) is 51.8 Å². The quantitative estimate of drug-likeness (QED) is 0.585. The normalized spacial score (nSPS) is 12.8. The minimum Gasteiger partial charge on any atom is -0.258 e. The molecule has 0 radical (unpaired) electrons. The van der Waals surface area contributed by atoms with Gasteiger partial charge in [0.05, 0.1) is 9.95 Å². The van der Waals surface area contributed by atoms with Gasteiger partial charge in [0.15, 0.2) is 0 Å². The van der Waals surface area contributed by atoms with Crippen LogP contribution in [0.1, 0.15) is 18.5 Å². The number of halogens is 2. The number of rotatable bonds is 5. The van der Waals surface area contributed by atoms with Gasteiger partial charge in [-0.05, 0) is 30.7 Å². The third kappa shape index (κ3) is 4.29. The van der Waals surface area contributed by atoms with Crippen molar-refractivity contribution >= 4 is 43.2 Å². The van der Waals surface area contributed by atoms with Crippen molar-refractivity contribution in [2.24, 2.45) is 0 Å². The number of hydrogen-bond acceptors (Lipinski definition) is 4. The van der Waals surface area contributed by atoms with Crippen molar-refractivity contribution < 1.29 is 13.3 Å². The summed E-state index contributed by atoms with van der Waals surface area (Å²) in [5, 5.41) is 10.7. The van der Waals surface area contributed by atoms with Gasteiger partial charge >= 0.3 is 0 Å². The third-order valence-electron chi connectivity index (χ3n) is 3.12. The molecule has 1 N–H and O–H groups in total. The molecule has 0 aliphatic carbocycles. The maximum absolute atomic E-state index is 12.5. The smallest absolute Gasteiger partial charge is 0.258 e. The van der Waals surface area contributed by atoms with E-state index >= 15 is 0 Å². The predicted molar refractivity (Wildman–Crippen MR) is 91.0 cm³/mol. The van der Waals surface area contributed by atoms with E-state index in [0.717, 1.165) is 22.2 Å². The first kappa shape index (κ1) is 17.9. The Kier molecular flexibility index (Phi) is 5.41. The fourth-order valence-electron chi connectivity index (χ4n) is 1.93. The molecule has 1 atom stereocenters. The third-order valence-corrected chi connectivity index (χ3v) is 5.67. The van der Waals surface area contributed by atoms with Gasteiger partial charge in [0, 0.05) is 22.6 Å². The zero-order valence-electron chi connectivity index (χ0n) is 11.9. The van der Waals surface area contributed by atoms with Gasteiger partial charge in [0.2, 0.25) is 10.0 Å². The molecular formula is C14H12BrClN2O4S. The van der Waals surface area contributed by atoms with Gasteiger partial charge in [-0.2, -0.15) is 0 Å². The molecule has 0 aliphatic rings. The maximum atomic E-state index is 12.5. The average Bonchev–Trinajstić information content (AvgIpc) is 2.47. The van der Waals surface area contributed by atoms with E-state index in [1.165, 1.54) is 6.07 Å². The summed E-state index contributed by atoms with van der Waals surface area (Å²) in [4.78, 5) is 9.81. The van der Waals surface area contributed by atoms with Crippen LogP contribution in [-0.4, -0.2) is 13.3 Å². The first-order valence-electron chi connectivity index (χ1n) is 6.42. The van der Waals surface area contributed by atoms with Crippen molar-refractivity contribution in [3.05, 3.63) is 67.6 Å². The number of nitro groups is 1. The molecule has 122 valence electrons. The number of nitrogens with one attached hydrogen (secondary N) is 1. The molecule has 0 spiro atoms. The molecule has 0 unspecified atom stereocenters. The fourth-order valence-corrected chi connectivity index (χ4v) is 3.94. The number of nitrogens with zero attached hydrogens (tertiary/aromatic N) is 1. The second-order valence-electron chi connectivity index (χ2n) is 4.77. The highest BCUT2D eigenvalue weighted by molar-refractivity contribution is 9.10. The first-order valence-corrected chi connectivity index (χ1v) is 9.08. The van der Waals surface area contributed by atoms with Crippen molar-refractivity contribution in [2.75, 3.05) is 0 Å².